The summed E-state index contributed by atoms with van der Waals surface area (Å²) in [5, 5.41) is 8.80. The second-order valence-electron chi connectivity index (χ2n) is 1.93. The van der Waals surface area contributed by atoms with Crippen molar-refractivity contribution in [3.8, 4) is 0 Å². The molecule has 0 aromatic heterocycles. The third-order valence-corrected chi connectivity index (χ3v) is 1.97. The molecule has 0 unspecified atom stereocenters. The average Bonchev–Trinajstić information content (AvgIpc) is 2.07. The number of hydrogen-bond acceptors (Lipinski definition) is 1. The van der Waals surface area contributed by atoms with Gasteiger partial charge in [0.15, 0.2) is 0 Å². The molecule has 0 amide bonds. The van der Waals surface area contributed by atoms with Gasteiger partial charge in [0.1, 0.15) is 0 Å². The van der Waals surface area contributed by atoms with Crippen molar-refractivity contribution in [1.82, 2.24) is 0 Å². The third-order valence-electron chi connectivity index (χ3n) is 1.16. The van der Waals surface area contributed by atoms with Gasteiger partial charge in [-0.25, -0.2) is 4.79 Å². The van der Waals surface area contributed by atoms with E-state index in [9.17, 15) is 4.79 Å². The van der Waals surface area contributed by atoms with Crippen LogP contribution in [0.1, 0.15) is 24.2 Å². The normalized spacial score (nSPS) is 8.62. The Morgan fingerprint density at radius 1 is 1.46 bits per heavy atom. The highest BCUT2D eigenvalue weighted by Crippen LogP contribution is 2.20. The van der Waals surface area contributed by atoms with E-state index in [-0.39, 0.29) is 10.6 Å². The molecule has 2 nitrogen and oxygen atoms in total. The number of hydrogen-bond donors (Lipinski definition) is 1. The van der Waals surface area contributed by atoms with Crippen molar-refractivity contribution in [2.45, 2.75) is 13.8 Å². The van der Waals surface area contributed by atoms with Gasteiger partial charge in [-0.1, -0.05) is 41.4 Å². The van der Waals surface area contributed by atoms with E-state index < -0.39 is 5.97 Å². The van der Waals surface area contributed by atoms with Gasteiger partial charge in [-0.3, -0.25) is 0 Å². The van der Waals surface area contributed by atoms with Crippen molar-refractivity contribution in [2.75, 3.05) is 0 Å². The highest BCUT2D eigenvalue weighted by atomic mass is 79.9. The SMILES string of the molecule is CC.O=C(O)c1ccc(Br)cc1Cl. The lowest BCUT2D eigenvalue weighted by atomic mass is 10.2. The van der Waals surface area contributed by atoms with E-state index in [4.69, 9.17) is 16.7 Å². The van der Waals surface area contributed by atoms with E-state index in [1.807, 2.05) is 13.8 Å². The van der Waals surface area contributed by atoms with E-state index >= 15 is 0 Å². The summed E-state index contributed by atoms with van der Waals surface area (Å²) in [5.74, 6) is -1.01. The first-order valence-electron chi connectivity index (χ1n) is 3.79. The van der Waals surface area contributed by atoms with Crippen molar-refractivity contribution in [3.63, 3.8) is 0 Å². The van der Waals surface area contributed by atoms with Crippen molar-refractivity contribution >= 4 is 33.5 Å². The number of carboxylic acid groups (broad SMARTS) is 1. The van der Waals surface area contributed by atoms with Gasteiger partial charge in [-0.2, -0.15) is 0 Å². The molecule has 0 fully saturated rings. The fourth-order valence-electron chi connectivity index (χ4n) is 0.663. The minimum atomic E-state index is -1.01. The van der Waals surface area contributed by atoms with Gasteiger partial charge in [0, 0.05) is 4.47 Å². The quantitative estimate of drug-likeness (QED) is 0.838. The first-order valence-corrected chi connectivity index (χ1v) is 4.96. The van der Waals surface area contributed by atoms with Crippen molar-refractivity contribution in [1.29, 1.82) is 0 Å². The van der Waals surface area contributed by atoms with Crippen LogP contribution in [-0.2, 0) is 0 Å². The fraction of sp³-hybridized carbons (Fsp3) is 0.222. The van der Waals surface area contributed by atoms with Gasteiger partial charge in [0.05, 0.1) is 10.6 Å². The number of halogens is 2. The van der Waals surface area contributed by atoms with E-state index in [0.717, 1.165) is 4.47 Å². The molecule has 0 heterocycles. The Morgan fingerprint density at radius 2 is 2.00 bits per heavy atom. The lowest BCUT2D eigenvalue weighted by Crippen LogP contribution is -1.96. The zero-order chi connectivity index (χ0) is 10.4. The average molecular weight is 266 g/mol. The van der Waals surface area contributed by atoms with Gasteiger partial charge in [0.25, 0.3) is 0 Å². The molecule has 1 rings (SSSR count). The zero-order valence-corrected chi connectivity index (χ0v) is 9.69. The molecule has 0 atom stereocenters. The van der Waals surface area contributed by atoms with Crippen LogP contribution >= 0.6 is 27.5 Å². The molecule has 13 heavy (non-hydrogen) atoms. The predicted octanol–water partition coefficient (Wildman–Crippen LogP) is 3.83. The molecule has 4 heteroatoms. The smallest absolute Gasteiger partial charge is 0.337 e. The van der Waals surface area contributed by atoms with E-state index in [0.29, 0.717) is 0 Å². The van der Waals surface area contributed by atoms with Crippen LogP contribution in [0, 0.1) is 0 Å². The van der Waals surface area contributed by atoms with Crippen LogP contribution in [0.3, 0.4) is 0 Å². The summed E-state index contributed by atoms with van der Waals surface area (Å²) in [7, 11) is 0. The highest BCUT2D eigenvalue weighted by Gasteiger charge is 2.07. The number of carboxylic acids is 1. The Bertz CT molecular complexity index is 300. The summed E-state index contributed by atoms with van der Waals surface area (Å²) < 4.78 is 0.771. The van der Waals surface area contributed by atoms with Crippen molar-refractivity contribution in [3.05, 3.63) is 33.3 Å². The van der Waals surface area contributed by atoms with E-state index in [1.54, 1.807) is 12.1 Å². The van der Waals surface area contributed by atoms with Gasteiger partial charge < -0.3 is 5.11 Å². The maximum absolute atomic E-state index is 10.4. The minimum absolute atomic E-state index is 0.120. The van der Waals surface area contributed by atoms with Crippen LogP contribution in [0.25, 0.3) is 0 Å². The van der Waals surface area contributed by atoms with Crippen LogP contribution in [0.2, 0.25) is 5.02 Å². The second kappa shape index (κ2) is 6.00. The monoisotopic (exact) mass is 264 g/mol. The summed E-state index contributed by atoms with van der Waals surface area (Å²) in [6, 6.07) is 4.63. The van der Waals surface area contributed by atoms with Crippen LogP contribution in [0.5, 0.6) is 0 Å². The Morgan fingerprint density at radius 3 is 2.38 bits per heavy atom. The summed E-state index contributed by atoms with van der Waals surface area (Å²) in [4.78, 5) is 10.4. The number of rotatable bonds is 1. The summed E-state index contributed by atoms with van der Waals surface area (Å²) in [5.41, 5.74) is 0.120. The van der Waals surface area contributed by atoms with Crippen LogP contribution in [0.15, 0.2) is 22.7 Å². The summed E-state index contributed by atoms with van der Waals surface area (Å²) >= 11 is 8.78. The molecular formula is C9H10BrClO2. The molecule has 1 aromatic rings. The lowest BCUT2D eigenvalue weighted by Gasteiger charge is -1.97. The Labute approximate surface area is 90.7 Å². The molecule has 0 aliphatic heterocycles. The Balaban J connectivity index is 0.000000671. The first-order chi connectivity index (χ1) is 6.11. The van der Waals surface area contributed by atoms with E-state index in [1.165, 1.54) is 6.07 Å². The molecule has 1 aromatic carbocycles. The third kappa shape index (κ3) is 3.79. The van der Waals surface area contributed by atoms with Crippen LogP contribution < -0.4 is 0 Å². The van der Waals surface area contributed by atoms with Crippen molar-refractivity contribution < 1.29 is 9.90 Å². The molecular weight excluding hydrogens is 255 g/mol. The highest BCUT2D eigenvalue weighted by molar-refractivity contribution is 9.10. The lowest BCUT2D eigenvalue weighted by molar-refractivity contribution is 0.0697. The number of benzene rings is 1. The molecule has 0 spiro atoms. The second-order valence-corrected chi connectivity index (χ2v) is 3.25. The zero-order valence-electron chi connectivity index (χ0n) is 7.34. The molecule has 0 aliphatic rings. The number of aromatic carboxylic acids is 1. The maximum atomic E-state index is 10.4. The van der Waals surface area contributed by atoms with Crippen LogP contribution in [0.4, 0.5) is 0 Å². The van der Waals surface area contributed by atoms with E-state index in [2.05, 4.69) is 15.9 Å². The molecule has 0 saturated carbocycles. The minimum Gasteiger partial charge on any atom is -0.478 e. The topological polar surface area (TPSA) is 37.3 Å². The summed E-state index contributed by atoms with van der Waals surface area (Å²) in [6.07, 6.45) is 0. The fourth-order valence-corrected chi connectivity index (χ4v) is 1.42. The Kier molecular flexibility index (Phi) is 5.75. The molecule has 1 N–H and O–H groups in total. The molecule has 0 bridgehead atoms. The first kappa shape index (κ1) is 12.5. The molecule has 72 valence electrons. The van der Waals surface area contributed by atoms with Gasteiger partial charge in [-0.05, 0) is 18.2 Å². The molecule has 0 radical (unpaired) electrons. The summed E-state index contributed by atoms with van der Waals surface area (Å²) in [6.45, 7) is 4.00. The largest absolute Gasteiger partial charge is 0.478 e. The molecule has 0 saturated heterocycles. The standard InChI is InChI=1S/C7H4BrClO2.C2H6/c8-4-1-2-5(7(10)11)6(9)3-4;1-2/h1-3H,(H,10,11);1-2H3. The predicted molar refractivity (Wildman–Crippen MR) is 57.5 cm³/mol. The number of carbonyl (C=O) groups is 1. The van der Waals surface area contributed by atoms with Gasteiger partial charge >= 0.3 is 5.97 Å². The van der Waals surface area contributed by atoms with Crippen molar-refractivity contribution in [2.24, 2.45) is 0 Å². The van der Waals surface area contributed by atoms with Crippen LogP contribution in [-0.4, -0.2) is 11.1 Å². The Hall–Kier alpha value is -0.540. The van der Waals surface area contributed by atoms with Gasteiger partial charge in [0.2, 0.25) is 0 Å². The molecule has 0 aliphatic carbocycles. The maximum Gasteiger partial charge on any atom is 0.337 e. The van der Waals surface area contributed by atoms with Gasteiger partial charge in [-0.15, -0.1) is 0 Å².